The van der Waals surface area contributed by atoms with Gasteiger partial charge in [-0.1, -0.05) is 40.7 Å². The standard InChI is InChI=1S/C21H20FN3O3/c1-13-5-4-6-16(20(25-27-3)21(26)23-2)18(13)12-28-24-19-10-8-14-7-9-15(22)11-17(14)19/h4-11H,12H2,1-3H3,(H,23,26)/b24-19+,25-20+. The van der Waals surface area contributed by atoms with Crippen molar-refractivity contribution in [3.05, 3.63) is 76.1 Å². The largest absolute Gasteiger partial charge is 0.398 e. The van der Waals surface area contributed by atoms with Crippen molar-refractivity contribution in [1.82, 2.24) is 5.32 Å². The number of benzene rings is 2. The van der Waals surface area contributed by atoms with E-state index in [9.17, 15) is 9.18 Å². The van der Waals surface area contributed by atoms with Gasteiger partial charge in [0.2, 0.25) is 0 Å². The monoisotopic (exact) mass is 381 g/mol. The fraction of sp³-hybridized carbons (Fsp3) is 0.190. The summed E-state index contributed by atoms with van der Waals surface area (Å²) >= 11 is 0. The number of amides is 1. The van der Waals surface area contributed by atoms with E-state index in [-0.39, 0.29) is 24.0 Å². The van der Waals surface area contributed by atoms with Gasteiger partial charge in [-0.2, -0.15) is 0 Å². The Balaban J connectivity index is 1.87. The molecule has 0 aliphatic heterocycles. The minimum absolute atomic E-state index is 0.115. The van der Waals surface area contributed by atoms with Crippen molar-refractivity contribution in [2.24, 2.45) is 10.3 Å². The summed E-state index contributed by atoms with van der Waals surface area (Å²) < 4.78 is 13.5. The highest BCUT2D eigenvalue weighted by atomic mass is 19.1. The van der Waals surface area contributed by atoms with E-state index in [0.717, 1.165) is 16.7 Å². The second kappa shape index (κ2) is 8.47. The molecule has 7 heteroatoms. The van der Waals surface area contributed by atoms with Crippen molar-refractivity contribution in [1.29, 1.82) is 0 Å². The minimum Gasteiger partial charge on any atom is -0.398 e. The average molecular weight is 381 g/mol. The Bertz CT molecular complexity index is 996. The Kier molecular flexibility index (Phi) is 5.84. The van der Waals surface area contributed by atoms with Gasteiger partial charge in [-0.25, -0.2) is 4.39 Å². The fourth-order valence-corrected chi connectivity index (χ4v) is 2.94. The summed E-state index contributed by atoms with van der Waals surface area (Å²) in [6.07, 6.45) is 3.62. The third-order valence-electron chi connectivity index (χ3n) is 4.37. The number of rotatable bonds is 6. The summed E-state index contributed by atoms with van der Waals surface area (Å²) in [5, 5.41) is 10.5. The zero-order valence-electron chi connectivity index (χ0n) is 15.8. The highest BCUT2D eigenvalue weighted by Crippen LogP contribution is 2.22. The molecule has 3 rings (SSSR count). The lowest BCUT2D eigenvalue weighted by Crippen LogP contribution is -2.29. The van der Waals surface area contributed by atoms with E-state index in [0.29, 0.717) is 16.8 Å². The summed E-state index contributed by atoms with van der Waals surface area (Å²) in [6, 6.07) is 10.0. The Labute approximate surface area is 162 Å². The highest BCUT2D eigenvalue weighted by molar-refractivity contribution is 6.45. The van der Waals surface area contributed by atoms with Gasteiger partial charge in [0.25, 0.3) is 5.91 Å². The number of likely N-dealkylation sites (N-methyl/N-ethyl adjacent to an activating group) is 1. The van der Waals surface area contributed by atoms with E-state index in [1.54, 1.807) is 18.2 Å². The molecule has 0 radical (unpaired) electrons. The summed E-state index contributed by atoms with van der Waals surface area (Å²) in [7, 11) is 2.90. The van der Waals surface area contributed by atoms with Crippen LogP contribution in [0.4, 0.5) is 4.39 Å². The maximum Gasteiger partial charge on any atom is 0.273 e. The summed E-state index contributed by atoms with van der Waals surface area (Å²) in [4.78, 5) is 22.6. The lowest BCUT2D eigenvalue weighted by Gasteiger charge is -2.13. The number of nitrogens with zero attached hydrogens (tertiary/aromatic N) is 2. The van der Waals surface area contributed by atoms with Crippen LogP contribution in [0.25, 0.3) is 6.08 Å². The number of fused-ring (bicyclic) bond motifs is 1. The van der Waals surface area contributed by atoms with Crippen LogP contribution in [0.15, 0.2) is 52.8 Å². The third-order valence-corrected chi connectivity index (χ3v) is 4.37. The molecule has 2 aromatic carbocycles. The van der Waals surface area contributed by atoms with Gasteiger partial charge in [-0.3, -0.25) is 4.79 Å². The number of nitrogens with one attached hydrogen (secondary N) is 1. The molecule has 0 bridgehead atoms. The summed E-state index contributed by atoms with van der Waals surface area (Å²) in [6.45, 7) is 2.02. The van der Waals surface area contributed by atoms with Crippen molar-refractivity contribution in [3.8, 4) is 0 Å². The fourth-order valence-electron chi connectivity index (χ4n) is 2.94. The van der Waals surface area contributed by atoms with Crippen molar-refractivity contribution in [2.75, 3.05) is 14.2 Å². The van der Waals surface area contributed by atoms with E-state index in [2.05, 4.69) is 15.6 Å². The van der Waals surface area contributed by atoms with Crippen LogP contribution >= 0.6 is 0 Å². The molecule has 1 aliphatic rings. The number of hydrogen-bond acceptors (Lipinski definition) is 5. The predicted molar refractivity (Wildman–Crippen MR) is 106 cm³/mol. The maximum atomic E-state index is 13.5. The number of aryl methyl sites for hydroxylation is 1. The Morgan fingerprint density at radius 3 is 2.79 bits per heavy atom. The molecule has 28 heavy (non-hydrogen) atoms. The van der Waals surface area contributed by atoms with Crippen LogP contribution in [0.5, 0.6) is 0 Å². The topological polar surface area (TPSA) is 72.3 Å². The number of carbonyl (C=O) groups is 1. The van der Waals surface area contributed by atoms with Crippen LogP contribution in [0.1, 0.15) is 27.8 Å². The van der Waals surface area contributed by atoms with Gasteiger partial charge in [0, 0.05) is 23.7 Å². The van der Waals surface area contributed by atoms with Crippen molar-refractivity contribution >= 4 is 23.4 Å². The minimum atomic E-state index is -0.372. The molecule has 0 aromatic heterocycles. The first-order valence-corrected chi connectivity index (χ1v) is 8.65. The number of carbonyl (C=O) groups excluding carboxylic acids is 1. The van der Waals surface area contributed by atoms with Gasteiger partial charge < -0.3 is 15.0 Å². The molecule has 0 saturated heterocycles. The molecule has 1 amide bonds. The highest BCUT2D eigenvalue weighted by Gasteiger charge is 2.19. The predicted octanol–water partition coefficient (Wildman–Crippen LogP) is 3.18. The first kappa shape index (κ1) is 19.3. The van der Waals surface area contributed by atoms with Crippen LogP contribution < -0.4 is 5.32 Å². The zero-order chi connectivity index (χ0) is 20.1. The number of hydrogen-bond donors (Lipinski definition) is 1. The van der Waals surface area contributed by atoms with E-state index < -0.39 is 0 Å². The van der Waals surface area contributed by atoms with Crippen molar-refractivity contribution in [3.63, 3.8) is 0 Å². The van der Waals surface area contributed by atoms with Crippen LogP contribution in [-0.4, -0.2) is 31.5 Å². The molecule has 0 atom stereocenters. The summed E-state index contributed by atoms with van der Waals surface area (Å²) in [5.74, 6) is -0.703. The zero-order valence-corrected chi connectivity index (χ0v) is 15.8. The van der Waals surface area contributed by atoms with Gasteiger partial charge in [-0.05, 0) is 36.3 Å². The molecule has 6 nitrogen and oxygen atoms in total. The molecule has 1 N–H and O–H groups in total. The molecular weight excluding hydrogens is 361 g/mol. The summed E-state index contributed by atoms with van der Waals surface area (Å²) in [5.41, 5.74) is 4.52. The molecule has 0 unspecified atom stereocenters. The van der Waals surface area contributed by atoms with E-state index in [4.69, 9.17) is 9.68 Å². The molecule has 1 aliphatic carbocycles. The molecule has 0 saturated carbocycles. The molecule has 0 spiro atoms. The van der Waals surface area contributed by atoms with Gasteiger partial charge in [0.1, 0.15) is 25.2 Å². The van der Waals surface area contributed by atoms with Crippen LogP contribution in [0, 0.1) is 12.7 Å². The molecule has 2 aromatic rings. The van der Waals surface area contributed by atoms with Crippen LogP contribution in [0.2, 0.25) is 0 Å². The normalized spacial score (nSPS) is 14.1. The third kappa shape index (κ3) is 3.93. The molecule has 0 fully saturated rings. The van der Waals surface area contributed by atoms with E-state index in [1.807, 2.05) is 25.1 Å². The molecule has 0 heterocycles. The lowest BCUT2D eigenvalue weighted by molar-refractivity contribution is -0.114. The Morgan fingerprint density at radius 1 is 1.21 bits per heavy atom. The lowest BCUT2D eigenvalue weighted by atomic mass is 9.98. The number of halogens is 1. The number of allylic oxidation sites excluding steroid dienone is 1. The van der Waals surface area contributed by atoms with Gasteiger partial charge in [0.15, 0.2) is 5.71 Å². The maximum absolute atomic E-state index is 13.5. The van der Waals surface area contributed by atoms with Crippen LogP contribution in [0.3, 0.4) is 0 Å². The Hall–Kier alpha value is -3.48. The SMILES string of the molecule is CNC(=O)/C(=N/OC)c1cccc(C)c1CO/N=C1\C=Cc2ccc(F)cc21. The van der Waals surface area contributed by atoms with Crippen molar-refractivity contribution in [2.45, 2.75) is 13.5 Å². The smallest absolute Gasteiger partial charge is 0.273 e. The second-order valence-electron chi connectivity index (χ2n) is 6.12. The quantitative estimate of drug-likeness (QED) is 0.617. The average Bonchev–Trinajstić information content (AvgIpc) is 3.09. The van der Waals surface area contributed by atoms with Crippen LogP contribution in [-0.2, 0) is 21.1 Å². The van der Waals surface area contributed by atoms with E-state index in [1.165, 1.54) is 26.3 Å². The van der Waals surface area contributed by atoms with Gasteiger partial charge in [0.05, 0.1) is 0 Å². The molecular formula is C21H20FN3O3. The molecule has 144 valence electrons. The number of oxime groups is 2. The second-order valence-corrected chi connectivity index (χ2v) is 6.12. The first-order valence-electron chi connectivity index (χ1n) is 8.65. The first-order chi connectivity index (χ1) is 13.5. The van der Waals surface area contributed by atoms with Gasteiger partial charge in [-0.15, -0.1) is 0 Å². The van der Waals surface area contributed by atoms with E-state index >= 15 is 0 Å². The Morgan fingerprint density at radius 2 is 2.04 bits per heavy atom. The van der Waals surface area contributed by atoms with Crippen molar-refractivity contribution < 1.29 is 18.9 Å². The van der Waals surface area contributed by atoms with Gasteiger partial charge >= 0.3 is 0 Å².